The number of aromatic nitrogens is 2. The summed E-state index contributed by atoms with van der Waals surface area (Å²) in [5.74, 6) is 0. The van der Waals surface area contributed by atoms with E-state index in [1.54, 1.807) is 6.20 Å². The van der Waals surface area contributed by atoms with Crippen molar-refractivity contribution in [2.24, 2.45) is 5.41 Å². The lowest BCUT2D eigenvalue weighted by molar-refractivity contribution is 0.00944. The predicted octanol–water partition coefficient (Wildman–Crippen LogP) is 3.08. The zero-order valence-electron chi connectivity index (χ0n) is 11.2. The van der Waals surface area contributed by atoms with E-state index in [2.05, 4.69) is 25.9 Å². The summed E-state index contributed by atoms with van der Waals surface area (Å²) in [4.78, 5) is 0. The second-order valence-electron chi connectivity index (χ2n) is 6.08. The van der Waals surface area contributed by atoms with Gasteiger partial charge in [0.25, 0.3) is 0 Å². The van der Waals surface area contributed by atoms with Crippen LogP contribution in [0.15, 0.2) is 12.3 Å². The molecule has 1 heterocycles. The molecule has 1 aliphatic rings. The number of hydrogen-bond donors (Lipinski definition) is 1. The minimum absolute atomic E-state index is 0.363. The molecular formula is C14H24N2O. The molecule has 1 saturated carbocycles. The Balaban J connectivity index is 2.24. The minimum Gasteiger partial charge on any atom is -0.384 e. The number of hydrogen-bond acceptors (Lipinski definition) is 2. The highest BCUT2D eigenvalue weighted by Crippen LogP contribution is 2.42. The second-order valence-corrected chi connectivity index (χ2v) is 6.08. The van der Waals surface area contributed by atoms with Crippen LogP contribution in [0.4, 0.5) is 0 Å². The molecule has 0 aromatic carbocycles. The molecule has 3 heteroatoms. The van der Waals surface area contributed by atoms with Crippen molar-refractivity contribution in [2.45, 2.75) is 65.0 Å². The first-order valence-corrected chi connectivity index (χ1v) is 6.71. The Morgan fingerprint density at radius 2 is 2.06 bits per heavy atom. The quantitative estimate of drug-likeness (QED) is 0.801. The van der Waals surface area contributed by atoms with Crippen LogP contribution in [0.5, 0.6) is 0 Å². The van der Waals surface area contributed by atoms with Gasteiger partial charge in [-0.25, -0.2) is 0 Å². The van der Waals surface area contributed by atoms with Gasteiger partial charge in [0.2, 0.25) is 0 Å². The van der Waals surface area contributed by atoms with Gasteiger partial charge in [0.1, 0.15) is 5.60 Å². The van der Waals surface area contributed by atoms with Crippen LogP contribution in [0, 0.1) is 5.41 Å². The van der Waals surface area contributed by atoms with Crippen LogP contribution >= 0.6 is 0 Å². The van der Waals surface area contributed by atoms with E-state index in [1.807, 2.05) is 10.7 Å². The Morgan fingerprint density at radius 1 is 1.29 bits per heavy atom. The standard InChI is InChI=1S/C14H24N2O/c1-4-16-12(6-11-15-16)14(17)8-5-7-13(2,3)9-10-14/h6,11,17H,4-5,7-10H2,1-3H3. The van der Waals surface area contributed by atoms with Crippen LogP contribution in [0.3, 0.4) is 0 Å². The average molecular weight is 236 g/mol. The molecule has 17 heavy (non-hydrogen) atoms. The molecule has 0 bridgehead atoms. The maximum absolute atomic E-state index is 10.9. The maximum Gasteiger partial charge on any atom is 0.106 e. The van der Waals surface area contributed by atoms with E-state index in [0.29, 0.717) is 5.41 Å². The van der Waals surface area contributed by atoms with E-state index in [9.17, 15) is 5.11 Å². The molecule has 1 atom stereocenters. The summed E-state index contributed by atoms with van der Waals surface area (Å²) in [5, 5.41) is 15.2. The van der Waals surface area contributed by atoms with E-state index < -0.39 is 5.60 Å². The molecule has 96 valence electrons. The van der Waals surface area contributed by atoms with Crippen LogP contribution < -0.4 is 0 Å². The van der Waals surface area contributed by atoms with Crippen LogP contribution in [0.1, 0.15) is 58.6 Å². The minimum atomic E-state index is -0.666. The van der Waals surface area contributed by atoms with E-state index in [0.717, 1.165) is 37.9 Å². The largest absolute Gasteiger partial charge is 0.384 e. The number of rotatable bonds is 2. The van der Waals surface area contributed by atoms with Gasteiger partial charge in [-0.3, -0.25) is 4.68 Å². The topological polar surface area (TPSA) is 38.0 Å². The Kier molecular flexibility index (Phi) is 3.30. The van der Waals surface area contributed by atoms with Crippen LogP contribution in [-0.2, 0) is 12.1 Å². The van der Waals surface area contributed by atoms with E-state index in [-0.39, 0.29) is 0 Å². The first-order valence-electron chi connectivity index (χ1n) is 6.71. The molecule has 0 amide bonds. The van der Waals surface area contributed by atoms with Crippen molar-refractivity contribution in [2.75, 3.05) is 0 Å². The number of aliphatic hydroxyl groups is 1. The first kappa shape index (κ1) is 12.6. The van der Waals surface area contributed by atoms with Gasteiger partial charge in [-0.15, -0.1) is 0 Å². The highest BCUT2D eigenvalue weighted by Gasteiger charge is 2.37. The summed E-state index contributed by atoms with van der Waals surface area (Å²) in [6.07, 6.45) is 6.90. The van der Waals surface area contributed by atoms with Gasteiger partial charge in [0, 0.05) is 12.7 Å². The van der Waals surface area contributed by atoms with Crippen LogP contribution in [-0.4, -0.2) is 14.9 Å². The first-order chi connectivity index (χ1) is 7.97. The normalized spacial score (nSPS) is 28.9. The fraction of sp³-hybridized carbons (Fsp3) is 0.786. The van der Waals surface area contributed by atoms with Gasteiger partial charge in [-0.2, -0.15) is 5.10 Å². The van der Waals surface area contributed by atoms with Crippen molar-refractivity contribution in [1.82, 2.24) is 9.78 Å². The molecule has 0 spiro atoms. The van der Waals surface area contributed by atoms with Crippen molar-refractivity contribution in [3.8, 4) is 0 Å². The van der Waals surface area contributed by atoms with Gasteiger partial charge >= 0.3 is 0 Å². The van der Waals surface area contributed by atoms with Crippen molar-refractivity contribution in [3.63, 3.8) is 0 Å². The third-order valence-electron chi connectivity index (χ3n) is 4.15. The lowest BCUT2D eigenvalue weighted by Crippen LogP contribution is -2.28. The molecule has 0 radical (unpaired) electrons. The molecule has 0 saturated heterocycles. The molecule has 1 aromatic rings. The average Bonchev–Trinajstić information content (AvgIpc) is 2.70. The predicted molar refractivity (Wildman–Crippen MR) is 68.7 cm³/mol. The Hall–Kier alpha value is -0.830. The maximum atomic E-state index is 10.9. The molecule has 1 fully saturated rings. The van der Waals surface area contributed by atoms with E-state index >= 15 is 0 Å². The number of nitrogens with zero attached hydrogens (tertiary/aromatic N) is 2. The molecule has 2 rings (SSSR count). The summed E-state index contributed by atoms with van der Waals surface area (Å²) in [6, 6.07) is 1.97. The smallest absolute Gasteiger partial charge is 0.106 e. The van der Waals surface area contributed by atoms with Gasteiger partial charge in [-0.1, -0.05) is 13.8 Å². The summed E-state index contributed by atoms with van der Waals surface area (Å²) in [6.45, 7) is 7.50. The summed E-state index contributed by atoms with van der Waals surface area (Å²) >= 11 is 0. The summed E-state index contributed by atoms with van der Waals surface area (Å²) in [7, 11) is 0. The summed E-state index contributed by atoms with van der Waals surface area (Å²) < 4.78 is 1.93. The van der Waals surface area contributed by atoms with Gasteiger partial charge < -0.3 is 5.11 Å². The van der Waals surface area contributed by atoms with Gasteiger partial charge in [0.15, 0.2) is 0 Å². The summed E-state index contributed by atoms with van der Waals surface area (Å²) in [5.41, 5.74) is 0.694. The lowest BCUT2D eigenvalue weighted by Gasteiger charge is -2.28. The number of aryl methyl sites for hydroxylation is 1. The van der Waals surface area contributed by atoms with E-state index in [4.69, 9.17) is 0 Å². The molecule has 1 N–H and O–H groups in total. The molecular weight excluding hydrogens is 212 g/mol. The van der Waals surface area contributed by atoms with Crippen molar-refractivity contribution < 1.29 is 5.11 Å². The Labute approximate surface area is 104 Å². The van der Waals surface area contributed by atoms with Crippen LogP contribution in [0.2, 0.25) is 0 Å². The zero-order valence-corrected chi connectivity index (χ0v) is 11.2. The highest BCUT2D eigenvalue weighted by atomic mass is 16.3. The lowest BCUT2D eigenvalue weighted by atomic mass is 9.83. The van der Waals surface area contributed by atoms with Crippen molar-refractivity contribution in [1.29, 1.82) is 0 Å². The van der Waals surface area contributed by atoms with E-state index in [1.165, 1.54) is 6.42 Å². The third kappa shape index (κ3) is 2.54. The Morgan fingerprint density at radius 3 is 2.76 bits per heavy atom. The second kappa shape index (κ2) is 4.45. The van der Waals surface area contributed by atoms with Crippen LogP contribution in [0.25, 0.3) is 0 Å². The molecule has 3 nitrogen and oxygen atoms in total. The van der Waals surface area contributed by atoms with Crippen molar-refractivity contribution >= 4 is 0 Å². The fourth-order valence-electron chi connectivity index (χ4n) is 2.89. The molecule has 1 unspecified atom stereocenters. The zero-order chi connectivity index (χ0) is 12.5. The third-order valence-corrected chi connectivity index (χ3v) is 4.15. The fourth-order valence-corrected chi connectivity index (χ4v) is 2.89. The molecule has 0 aliphatic heterocycles. The monoisotopic (exact) mass is 236 g/mol. The highest BCUT2D eigenvalue weighted by molar-refractivity contribution is 5.12. The Bertz CT molecular complexity index is 383. The SMILES string of the molecule is CCn1nccc1C1(O)CCCC(C)(C)CC1. The van der Waals surface area contributed by atoms with Gasteiger partial charge in [0.05, 0.1) is 5.69 Å². The van der Waals surface area contributed by atoms with Gasteiger partial charge in [-0.05, 0) is 50.5 Å². The van der Waals surface area contributed by atoms with Crippen molar-refractivity contribution in [3.05, 3.63) is 18.0 Å². The molecule has 1 aliphatic carbocycles. The molecule has 1 aromatic heterocycles.